The van der Waals surface area contributed by atoms with E-state index in [2.05, 4.69) is 11.9 Å². The second kappa shape index (κ2) is 19.0. The minimum Gasteiger partial charge on any atom is -0.481 e. The Kier molecular flexibility index (Phi) is 18.0. The van der Waals surface area contributed by atoms with Gasteiger partial charge in [0.1, 0.15) is 0 Å². The summed E-state index contributed by atoms with van der Waals surface area (Å²) in [7, 11) is 0. The van der Waals surface area contributed by atoms with Crippen LogP contribution < -0.4 is 5.32 Å². The number of carbonyl (C=O) groups excluding carboxylic acids is 1. The molecule has 4 nitrogen and oxygen atoms in total. The van der Waals surface area contributed by atoms with Crippen LogP contribution in [0.2, 0.25) is 0 Å². The molecule has 0 aromatic heterocycles. The van der Waals surface area contributed by atoms with Crippen LogP contribution in [-0.2, 0) is 9.59 Å². The Morgan fingerprint density at radius 1 is 0.680 bits per heavy atom. The second-order valence-corrected chi connectivity index (χ2v) is 6.94. The fourth-order valence-electron chi connectivity index (χ4n) is 2.98. The van der Waals surface area contributed by atoms with Crippen molar-refractivity contribution in [2.24, 2.45) is 0 Å². The average molecular weight is 354 g/mol. The van der Waals surface area contributed by atoms with E-state index in [1.54, 1.807) is 0 Å². The topological polar surface area (TPSA) is 66.4 Å². The highest BCUT2D eigenvalue weighted by molar-refractivity contribution is 5.86. The van der Waals surface area contributed by atoms with Gasteiger partial charge in [-0.15, -0.1) is 0 Å². The van der Waals surface area contributed by atoms with E-state index >= 15 is 0 Å². The minimum atomic E-state index is -0.669. The van der Waals surface area contributed by atoms with Gasteiger partial charge in [0.15, 0.2) is 0 Å². The van der Waals surface area contributed by atoms with E-state index in [-0.39, 0.29) is 5.91 Å². The van der Waals surface area contributed by atoms with E-state index in [1.807, 2.05) is 0 Å². The summed E-state index contributed by atoms with van der Waals surface area (Å²) in [5, 5.41) is 11.4. The molecule has 0 aliphatic rings. The molecule has 0 bridgehead atoms. The first kappa shape index (κ1) is 23.7. The second-order valence-electron chi connectivity index (χ2n) is 6.94. The quantitative estimate of drug-likeness (QED) is 0.234. The van der Waals surface area contributed by atoms with Crippen LogP contribution in [0.15, 0.2) is 12.7 Å². The highest BCUT2D eigenvalue weighted by Crippen LogP contribution is 2.13. The number of carboxylic acids is 1. The molecule has 0 heterocycles. The molecule has 0 rings (SSSR count). The van der Waals surface area contributed by atoms with Crippen molar-refractivity contribution in [3.63, 3.8) is 0 Å². The van der Waals surface area contributed by atoms with E-state index in [9.17, 15) is 9.59 Å². The van der Waals surface area contributed by atoms with Crippen molar-refractivity contribution in [1.82, 2.24) is 5.32 Å². The van der Waals surface area contributed by atoms with Crippen LogP contribution in [0.5, 0.6) is 0 Å². The third-order valence-electron chi connectivity index (χ3n) is 4.55. The molecule has 0 aliphatic heterocycles. The molecular weight excluding hydrogens is 314 g/mol. The zero-order chi connectivity index (χ0) is 18.6. The zero-order valence-electron chi connectivity index (χ0n) is 16.1. The molecule has 0 unspecified atom stereocenters. The van der Waals surface area contributed by atoms with Crippen molar-refractivity contribution < 1.29 is 14.7 Å². The Labute approximate surface area is 154 Å². The summed E-state index contributed by atoms with van der Waals surface area (Å²) in [6.45, 7) is 4.20. The number of unbranched alkanes of at least 4 members (excludes halogenated alkanes) is 14. The van der Waals surface area contributed by atoms with Gasteiger partial charge in [-0.25, -0.2) is 0 Å². The molecule has 0 radical (unpaired) electrons. The number of amides is 1. The predicted molar refractivity (Wildman–Crippen MR) is 105 cm³/mol. The lowest BCUT2D eigenvalue weighted by molar-refractivity contribution is -0.137. The molecule has 0 spiro atoms. The van der Waals surface area contributed by atoms with Gasteiger partial charge >= 0.3 is 5.97 Å². The number of nitrogens with one attached hydrogen (secondary N) is 1. The SMILES string of the molecule is C=CC(=O)NCCCCCCCCCCCCCCCCCC(=O)O. The molecule has 0 aliphatic carbocycles. The predicted octanol–water partition coefficient (Wildman–Crippen LogP) is 5.61. The maximum absolute atomic E-state index is 10.9. The number of aliphatic carboxylic acids is 1. The van der Waals surface area contributed by atoms with Gasteiger partial charge in [-0.05, 0) is 18.9 Å². The first-order valence-corrected chi connectivity index (χ1v) is 10.3. The van der Waals surface area contributed by atoms with Crippen molar-refractivity contribution in [3.05, 3.63) is 12.7 Å². The van der Waals surface area contributed by atoms with Crippen LogP contribution in [-0.4, -0.2) is 23.5 Å². The molecule has 4 heteroatoms. The van der Waals surface area contributed by atoms with E-state index in [1.165, 1.54) is 83.1 Å². The molecule has 0 aromatic carbocycles. The lowest BCUT2D eigenvalue weighted by Gasteiger charge is -2.04. The zero-order valence-corrected chi connectivity index (χ0v) is 16.1. The summed E-state index contributed by atoms with van der Waals surface area (Å²) in [6.07, 6.45) is 20.2. The largest absolute Gasteiger partial charge is 0.481 e. The minimum absolute atomic E-state index is 0.0711. The summed E-state index contributed by atoms with van der Waals surface area (Å²) in [6, 6.07) is 0. The normalized spacial score (nSPS) is 10.6. The fourth-order valence-corrected chi connectivity index (χ4v) is 2.98. The lowest BCUT2D eigenvalue weighted by atomic mass is 10.0. The maximum atomic E-state index is 10.9. The molecule has 0 fully saturated rings. The highest BCUT2D eigenvalue weighted by Gasteiger charge is 1.97. The van der Waals surface area contributed by atoms with Crippen LogP contribution in [0.1, 0.15) is 103 Å². The summed E-state index contributed by atoms with van der Waals surface area (Å²) in [5.74, 6) is -0.741. The summed E-state index contributed by atoms with van der Waals surface area (Å²) < 4.78 is 0. The molecule has 146 valence electrons. The van der Waals surface area contributed by atoms with Crippen molar-refractivity contribution in [3.8, 4) is 0 Å². The van der Waals surface area contributed by atoms with E-state index in [0.717, 1.165) is 25.8 Å². The van der Waals surface area contributed by atoms with Crippen molar-refractivity contribution in [2.45, 2.75) is 103 Å². The van der Waals surface area contributed by atoms with Gasteiger partial charge in [-0.3, -0.25) is 9.59 Å². The Balaban J connectivity index is 3.04. The molecule has 0 saturated heterocycles. The fraction of sp³-hybridized carbons (Fsp3) is 0.810. The molecule has 0 atom stereocenters. The summed E-state index contributed by atoms with van der Waals surface area (Å²) in [4.78, 5) is 21.3. The third kappa shape index (κ3) is 20.6. The maximum Gasteiger partial charge on any atom is 0.303 e. The van der Waals surface area contributed by atoms with Gasteiger partial charge in [0.25, 0.3) is 0 Å². The van der Waals surface area contributed by atoms with Crippen LogP contribution >= 0.6 is 0 Å². The molecule has 2 N–H and O–H groups in total. The first-order chi connectivity index (χ1) is 12.2. The van der Waals surface area contributed by atoms with Gasteiger partial charge in [-0.1, -0.05) is 90.0 Å². The van der Waals surface area contributed by atoms with E-state index in [4.69, 9.17) is 5.11 Å². The van der Waals surface area contributed by atoms with Gasteiger partial charge in [0.2, 0.25) is 5.91 Å². The Morgan fingerprint density at radius 3 is 1.40 bits per heavy atom. The van der Waals surface area contributed by atoms with E-state index < -0.39 is 5.97 Å². The molecule has 25 heavy (non-hydrogen) atoms. The summed E-state index contributed by atoms with van der Waals surface area (Å²) >= 11 is 0. The Bertz CT molecular complexity index is 342. The van der Waals surface area contributed by atoms with E-state index in [0.29, 0.717) is 6.42 Å². The number of hydrogen-bond acceptors (Lipinski definition) is 2. The van der Waals surface area contributed by atoms with Crippen LogP contribution in [0, 0.1) is 0 Å². The van der Waals surface area contributed by atoms with Crippen molar-refractivity contribution >= 4 is 11.9 Å². The Morgan fingerprint density at radius 2 is 1.04 bits per heavy atom. The smallest absolute Gasteiger partial charge is 0.303 e. The number of carbonyl (C=O) groups is 2. The molecule has 0 saturated carbocycles. The van der Waals surface area contributed by atoms with Gasteiger partial charge < -0.3 is 10.4 Å². The number of hydrogen-bond donors (Lipinski definition) is 2. The standard InChI is InChI=1S/C21H39NO3/c1-2-20(23)22-19-17-15-13-11-9-7-5-3-4-6-8-10-12-14-16-18-21(24)25/h2H,1,3-19H2,(H,22,23)(H,24,25). The summed E-state index contributed by atoms with van der Waals surface area (Å²) in [5.41, 5.74) is 0. The molecular formula is C21H39NO3. The average Bonchev–Trinajstić information content (AvgIpc) is 2.60. The molecule has 0 aromatic rings. The van der Waals surface area contributed by atoms with Crippen molar-refractivity contribution in [2.75, 3.05) is 6.54 Å². The van der Waals surface area contributed by atoms with Crippen LogP contribution in [0.4, 0.5) is 0 Å². The number of rotatable bonds is 19. The van der Waals surface area contributed by atoms with Crippen LogP contribution in [0.3, 0.4) is 0 Å². The van der Waals surface area contributed by atoms with Crippen molar-refractivity contribution in [1.29, 1.82) is 0 Å². The number of carboxylic acid groups (broad SMARTS) is 1. The highest BCUT2D eigenvalue weighted by atomic mass is 16.4. The van der Waals surface area contributed by atoms with Gasteiger partial charge in [0, 0.05) is 13.0 Å². The Hall–Kier alpha value is -1.32. The van der Waals surface area contributed by atoms with Crippen LogP contribution in [0.25, 0.3) is 0 Å². The monoisotopic (exact) mass is 353 g/mol. The lowest BCUT2D eigenvalue weighted by Crippen LogP contribution is -2.21. The van der Waals surface area contributed by atoms with Gasteiger partial charge in [-0.2, -0.15) is 0 Å². The van der Waals surface area contributed by atoms with Gasteiger partial charge in [0.05, 0.1) is 0 Å². The third-order valence-corrected chi connectivity index (χ3v) is 4.55. The first-order valence-electron chi connectivity index (χ1n) is 10.3. The molecule has 1 amide bonds.